The van der Waals surface area contributed by atoms with Crippen LogP contribution in [0.5, 0.6) is 0 Å². The molecule has 1 rings (SSSR count). The molecule has 0 bridgehead atoms. The number of carbonyl (C=O) groups is 1. The Hall–Kier alpha value is -0.770. The third kappa shape index (κ3) is 6.99. The molecule has 0 saturated heterocycles. The zero-order valence-electron chi connectivity index (χ0n) is 15.6. The van der Waals surface area contributed by atoms with E-state index in [9.17, 15) is 4.79 Å². The number of hydrogen-bond acceptors (Lipinski definition) is 3. The molecule has 2 N–H and O–H groups in total. The highest BCUT2D eigenvalue weighted by Gasteiger charge is 2.33. The van der Waals surface area contributed by atoms with Crippen molar-refractivity contribution in [3.63, 3.8) is 0 Å². The molecule has 1 aliphatic carbocycles. The Labute approximate surface area is 136 Å². The number of rotatable bonds is 4. The zero-order chi connectivity index (χ0) is 17.0. The zero-order valence-corrected chi connectivity index (χ0v) is 15.6. The SMILES string of the molecule is CC(CNC1CCCCC1C(C)(C)C)NC(=O)OC(C)(C)C. The van der Waals surface area contributed by atoms with Crippen molar-refractivity contribution in [2.75, 3.05) is 6.54 Å². The fraction of sp³-hybridized carbons (Fsp3) is 0.944. The maximum atomic E-state index is 11.8. The van der Waals surface area contributed by atoms with Gasteiger partial charge in [0.15, 0.2) is 0 Å². The van der Waals surface area contributed by atoms with Gasteiger partial charge in [-0.25, -0.2) is 4.79 Å². The van der Waals surface area contributed by atoms with Gasteiger partial charge >= 0.3 is 6.09 Å². The number of amides is 1. The molecule has 1 amide bonds. The summed E-state index contributed by atoms with van der Waals surface area (Å²) in [5.74, 6) is 0.704. The van der Waals surface area contributed by atoms with Crippen molar-refractivity contribution < 1.29 is 9.53 Å². The summed E-state index contributed by atoms with van der Waals surface area (Å²) in [5.41, 5.74) is -0.113. The van der Waals surface area contributed by atoms with Gasteiger partial charge in [-0.2, -0.15) is 0 Å². The van der Waals surface area contributed by atoms with Crippen LogP contribution in [0.1, 0.15) is 74.1 Å². The normalized spacial score (nSPS) is 24.7. The lowest BCUT2D eigenvalue weighted by Gasteiger charge is -2.41. The fourth-order valence-corrected chi connectivity index (χ4v) is 3.30. The molecular weight excluding hydrogens is 276 g/mol. The lowest BCUT2D eigenvalue weighted by Crippen LogP contribution is -2.49. The molecule has 4 nitrogen and oxygen atoms in total. The number of carbonyl (C=O) groups excluding carboxylic acids is 1. The predicted octanol–water partition coefficient (Wildman–Crippen LogP) is 4.09. The molecule has 0 heterocycles. The topological polar surface area (TPSA) is 50.4 Å². The van der Waals surface area contributed by atoms with Gasteiger partial charge in [0, 0.05) is 18.6 Å². The van der Waals surface area contributed by atoms with Crippen LogP contribution in [0, 0.1) is 11.3 Å². The molecule has 3 unspecified atom stereocenters. The van der Waals surface area contributed by atoms with Crippen LogP contribution in [0.3, 0.4) is 0 Å². The summed E-state index contributed by atoms with van der Waals surface area (Å²) in [6, 6.07) is 0.619. The number of alkyl carbamates (subject to hydrolysis) is 1. The van der Waals surface area contributed by atoms with Crippen molar-refractivity contribution in [3.8, 4) is 0 Å². The number of nitrogens with one attached hydrogen (secondary N) is 2. The summed E-state index contributed by atoms with van der Waals surface area (Å²) in [4.78, 5) is 11.8. The standard InChI is InChI=1S/C18H36N2O2/c1-13(20-16(21)22-18(5,6)7)12-19-15-11-9-8-10-14(15)17(2,3)4/h13-15,19H,8-12H2,1-7H3,(H,20,21). The van der Waals surface area contributed by atoms with Crippen LogP contribution in [-0.4, -0.2) is 30.3 Å². The molecule has 1 fully saturated rings. The first-order chi connectivity index (χ1) is 9.99. The third-order valence-corrected chi connectivity index (χ3v) is 4.33. The third-order valence-electron chi connectivity index (χ3n) is 4.33. The highest BCUT2D eigenvalue weighted by atomic mass is 16.6. The minimum absolute atomic E-state index is 0.0670. The maximum Gasteiger partial charge on any atom is 0.407 e. The highest BCUT2D eigenvalue weighted by molar-refractivity contribution is 5.68. The van der Waals surface area contributed by atoms with Gasteiger partial charge in [0.1, 0.15) is 5.60 Å². The highest BCUT2D eigenvalue weighted by Crippen LogP contribution is 2.37. The van der Waals surface area contributed by atoms with Crippen molar-refractivity contribution in [1.82, 2.24) is 10.6 Å². The molecule has 0 aliphatic heterocycles. The van der Waals surface area contributed by atoms with E-state index in [1.165, 1.54) is 25.7 Å². The van der Waals surface area contributed by atoms with E-state index in [1.54, 1.807) is 0 Å². The molecule has 22 heavy (non-hydrogen) atoms. The molecule has 3 atom stereocenters. The molecule has 1 aliphatic rings. The first kappa shape index (κ1) is 19.3. The van der Waals surface area contributed by atoms with E-state index in [-0.39, 0.29) is 12.1 Å². The number of ether oxygens (including phenoxy) is 1. The summed E-state index contributed by atoms with van der Waals surface area (Å²) in [6.45, 7) is 15.4. The summed E-state index contributed by atoms with van der Waals surface area (Å²) in [6.07, 6.45) is 4.85. The van der Waals surface area contributed by atoms with Crippen LogP contribution < -0.4 is 10.6 Å². The Morgan fingerprint density at radius 3 is 2.27 bits per heavy atom. The van der Waals surface area contributed by atoms with Gasteiger partial charge in [0.05, 0.1) is 0 Å². The first-order valence-corrected chi connectivity index (χ1v) is 8.72. The summed E-state index contributed by atoms with van der Waals surface area (Å²) >= 11 is 0. The second-order valence-electron chi connectivity index (χ2n) is 8.82. The van der Waals surface area contributed by atoms with Crippen LogP contribution >= 0.6 is 0 Å². The maximum absolute atomic E-state index is 11.8. The number of hydrogen-bond donors (Lipinski definition) is 2. The van der Waals surface area contributed by atoms with Crippen LogP contribution in [-0.2, 0) is 4.74 Å². The Balaban J connectivity index is 2.42. The predicted molar refractivity (Wildman–Crippen MR) is 92.0 cm³/mol. The van der Waals surface area contributed by atoms with Gasteiger partial charge in [0.25, 0.3) is 0 Å². The van der Waals surface area contributed by atoms with Gasteiger partial charge in [-0.15, -0.1) is 0 Å². The largest absolute Gasteiger partial charge is 0.444 e. The van der Waals surface area contributed by atoms with E-state index in [0.717, 1.165) is 6.54 Å². The summed E-state index contributed by atoms with van der Waals surface area (Å²) in [5, 5.41) is 6.58. The van der Waals surface area contributed by atoms with Crippen molar-refractivity contribution in [2.24, 2.45) is 11.3 Å². The monoisotopic (exact) mass is 312 g/mol. The molecule has 130 valence electrons. The van der Waals surface area contributed by atoms with E-state index in [4.69, 9.17) is 4.74 Å². The Morgan fingerprint density at radius 1 is 1.14 bits per heavy atom. The van der Waals surface area contributed by atoms with Crippen molar-refractivity contribution in [2.45, 2.75) is 91.8 Å². The van der Waals surface area contributed by atoms with E-state index in [2.05, 4.69) is 31.4 Å². The Kier molecular flexibility index (Phi) is 6.72. The lowest BCUT2D eigenvalue weighted by molar-refractivity contribution is 0.0503. The quantitative estimate of drug-likeness (QED) is 0.822. The first-order valence-electron chi connectivity index (χ1n) is 8.72. The van der Waals surface area contributed by atoms with Gasteiger partial charge in [0.2, 0.25) is 0 Å². The van der Waals surface area contributed by atoms with E-state index in [0.29, 0.717) is 17.4 Å². The van der Waals surface area contributed by atoms with Crippen molar-refractivity contribution in [3.05, 3.63) is 0 Å². The second-order valence-corrected chi connectivity index (χ2v) is 8.82. The average molecular weight is 312 g/mol. The second kappa shape index (κ2) is 7.67. The molecule has 0 spiro atoms. The lowest BCUT2D eigenvalue weighted by atomic mass is 9.69. The molecule has 4 heteroatoms. The molecular formula is C18H36N2O2. The van der Waals surface area contributed by atoms with Gasteiger partial charge in [-0.3, -0.25) is 0 Å². The molecule has 0 aromatic heterocycles. The van der Waals surface area contributed by atoms with Crippen LogP contribution in [0.15, 0.2) is 0 Å². The minimum atomic E-state index is -0.446. The molecule has 1 saturated carbocycles. The summed E-state index contributed by atoms with van der Waals surface area (Å²) in [7, 11) is 0. The smallest absolute Gasteiger partial charge is 0.407 e. The van der Waals surface area contributed by atoms with Gasteiger partial charge in [-0.05, 0) is 51.9 Å². The Morgan fingerprint density at radius 2 is 1.73 bits per heavy atom. The van der Waals surface area contributed by atoms with E-state index >= 15 is 0 Å². The van der Waals surface area contributed by atoms with Crippen LogP contribution in [0.2, 0.25) is 0 Å². The summed E-state index contributed by atoms with van der Waals surface area (Å²) < 4.78 is 5.30. The van der Waals surface area contributed by atoms with Crippen molar-refractivity contribution >= 4 is 6.09 Å². The van der Waals surface area contributed by atoms with E-state index in [1.807, 2.05) is 27.7 Å². The molecule has 0 aromatic carbocycles. The molecule has 0 radical (unpaired) electrons. The fourth-order valence-electron chi connectivity index (χ4n) is 3.30. The van der Waals surface area contributed by atoms with Gasteiger partial charge < -0.3 is 15.4 Å². The average Bonchev–Trinajstić information content (AvgIpc) is 2.33. The van der Waals surface area contributed by atoms with E-state index < -0.39 is 5.60 Å². The van der Waals surface area contributed by atoms with Crippen LogP contribution in [0.25, 0.3) is 0 Å². The van der Waals surface area contributed by atoms with Crippen molar-refractivity contribution in [1.29, 1.82) is 0 Å². The molecule has 0 aromatic rings. The van der Waals surface area contributed by atoms with Crippen LogP contribution in [0.4, 0.5) is 4.79 Å². The van der Waals surface area contributed by atoms with Gasteiger partial charge in [-0.1, -0.05) is 33.6 Å². The minimum Gasteiger partial charge on any atom is -0.444 e. The Bertz CT molecular complexity index is 355.